The molecule has 0 saturated carbocycles. The minimum atomic E-state index is -2.87. The van der Waals surface area contributed by atoms with Gasteiger partial charge in [0.05, 0.1) is 17.2 Å². The van der Waals surface area contributed by atoms with Crippen LogP contribution in [0.4, 0.5) is 14.5 Å². The van der Waals surface area contributed by atoms with Crippen molar-refractivity contribution in [1.82, 2.24) is 0 Å². The Morgan fingerprint density at radius 3 is 2.33 bits per heavy atom. The van der Waals surface area contributed by atoms with Crippen LogP contribution in [-0.4, -0.2) is 23.4 Å². The zero-order valence-corrected chi connectivity index (χ0v) is 15.9. The summed E-state index contributed by atoms with van der Waals surface area (Å²) in [7, 11) is 0. The van der Waals surface area contributed by atoms with E-state index in [0.717, 1.165) is 0 Å². The van der Waals surface area contributed by atoms with Crippen molar-refractivity contribution in [2.24, 2.45) is 0 Å². The summed E-state index contributed by atoms with van der Waals surface area (Å²) < 4.78 is 34.5. The van der Waals surface area contributed by atoms with E-state index in [1.54, 1.807) is 42.5 Å². The van der Waals surface area contributed by atoms with E-state index in [2.05, 4.69) is 4.74 Å². The van der Waals surface area contributed by atoms with Crippen molar-refractivity contribution < 1.29 is 23.0 Å². The monoisotopic (exact) mass is 407 g/mol. The topological polar surface area (TPSA) is 38.8 Å². The number of nitrogens with zero attached hydrogens (tertiary/aromatic N) is 1. The minimum Gasteiger partial charge on any atom is -0.494 e. The summed E-state index contributed by atoms with van der Waals surface area (Å²) in [6, 6.07) is 13.1. The van der Waals surface area contributed by atoms with Crippen molar-refractivity contribution in [1.29, 1.82) is 0 Å². The Bertz CT molecular complexity index is 868. The number of amides is 1. The summed E-state index contributed by atoms with van der Waals surface area (Å²) in [6.07, 6.45) is 1.67. The molecule has 0 aromatic heterocycles. The van der Waals surface area contributed by atoms with Crippen LogP contribution < -0.4 is 14.4 Å². The fraction of sp³-hybridized carbons (Fsp3) is 0.158. The fourth-order valence-electron chi connectivity index (χ4n) is 2.45. The van der Waals surface area contributed by atoms with Gasteiger partial charge >= 0.3 is 6.61 Å². The van der Waals surface area contributed by atoms with Crippen LogP contribution in [0.15, 0.2) is 53.4 Å². The van der Waals surface area contributed by atoms with Gasteiger partial charge in [0.2, 0.25) is 0 Å². The molecule has 1 aliphatic heterocycles. The molecule has 8 heteroatoms. The molecule has 140 valence electrons. The average Bonchev–Trinajstić information content (AvgIpc) is 2.91. The number of carbonyl (C=O) groups excluding carboxylic acids is 1. The van der Waals surface area contributed by atoms with Gasteiger partial charge in [-0.3, -0.25) is 9.69 Å². The zero-order chi connectivity index (χ0) is 19.4. The molecule has 0 bridgehead atoms. The molecule has 27 heavy (non-hydrogen) atoms. The van der Waals surface area contributed by atoms with Gasteiger partial charge in [0.1, 0.15) is 11.5 Å². The second-order valence-corrected chi connectivity index (χ2v) is 7.07. The Kier molecular flexibility index (Phi) is 6.08. The quantitative estimate of drug-likeness (QED) is 0.493. The molecular formula is C19H15F2NO3S2. The lowest BCUT2D eigenvalue weighted by Crippen LogP contribution is -2.27. The summed E-state index contributed by atoms with van der Waals surface area (Å²) in [5.41, 5.74) is 1.34. The Balaban J connectivity index is 1.77. The number of hydrogen-bond acceptors (Lipinski definition) is 5. The summed E-state index contributed by atoms with van der Waals surface area (Å²) in [5, 5.41) is 0. The standard InChI is InChI=1S/C19H15F2NO3S2/c1-2-24-14-9-5-13(6-10-14)22-17(23)16(27-19(22)26)11-12-3-7-15(8-4-12)25-18(20)21/h3-11,18H,2H2,1H3/b16-11-. The molecular weight excluding hydrogens is 392 g/mol. The van der Waals surface area contributed by atoms with E-state index >= 15 is 0 Å². The van der Waals surface area contributed by atoms with Gasteiger partial charge in [0.15, 0.2) is 4.32 Å². The first kappa shape index (κ1) is 19.3. The highest BCUT2D eigenvalue weighted by atomic mass is 32.2. The molecule has 4 nitrogen and oxygen atoms in total. The van der Waals surface area contributed by atoms with Crippen molar-refractivity contribution in [3.8, 4) is 11.5 Å². The largest absolute Gasteiger partial charge is 0.494 e. The molecule has 2 aromatic carbocycles. The van der Waals surface area contributed by atoms with Crippen molar-refractivity contribution >= 4 is 46.0 Å². The number of hydrogen-bond donors (Lipinski definition) is 0. The molecule has 1 fully saturated rings. The smallest absolute Gasteiger partial charge is 0.387 e. The normalized spacial score (nSPS) is 15.7. The highest BCUT2D eigenvalue weighted by molar-refractivity contribution is 8.27. The Hall–Kier alpha value is -2.45. The molecule has 1 amide bonds. The maximum atomic E-state index is 12.7. The number of ether oxygens (including phenoxy) is 2. The molecule has 2 aromatic rings. The second-order valence-electron chi connectivity index (χ2n) is 5.39. The van der Waals surface area contributed by atoms with Gasteiger partial charge in [-0.05, 0) is 55.0 Å². The van der Waals surface area contributed by atoms with Gasteiger partial charge < -0.3 is 9.47 Å². The molecule has 0 spiro atoms. The SMILES string of the molecule is CCOc1ccc(N2C(=O)/C(=C/c3ccc(OC(F)F)cc3)SC2=S)cc1. The van der Waals surface area contributed by atoms with E-state index in [0.29, 0.717) is 32.8 Å². The molecule has 3 rings (SSSR count). The third kappa shape index (κ3) is 4.64. The van der Waals surface area contributed by atoms with E-state index in [-0.39, 0.29) is 11.7 Å². The number of benzene rings is 2. The first-order chi connectivity index (χ1) is 13.0. The number of rotatable bonds is 6. The third-order valence-electron chi connectivity index (χ3n) is 3.60. The average molecular weight is 407 g/mol. The van der Waals surface area contributed by atoms with Crippen LogP contribution in [0.1, 0.15) is 12.5 Å². The molecule has 0 atom stereocenters. The van der Waals surface area contributed by atoms with Gasteiger partial charge in [-0.2, -0.15) is 8.78 Å². The predicted octanol–water partition coefficient (Wildman–Crippen LogP) is 5.09. The summed E-state index contributed by atoms with van der Waals surface area (Å²) in [5.74, 6) is 0.541. The number of halogens is 2. The Morgan fingerprint density at radius 2 is 1.74 bits per heavy atom. The van der Waals surface area contributed by atoms with Gasteiger partial charge in [0.25, 0.3) is 5.91 Å². The van der Waals surface area contributed by atoms with Gasteiger partial charge in [0, 0.05) is 0 Å². The van der Waals surface area contributed by atoms with Crippen LogP contribution in [0.2, 0.25) is 0 Å². The van der Waals surface area contributed by atoms with Crippen LogP contribution in [0.25, 0.3) is 6.08 Å². The van der Waals surface area contributed by atoms with Crippen LogP contribution in [0, 0.1) is 0 Å². The number of anilines is 1. The van der Waals surface area contributed by atoms with Crippen LogP contribution in [0.3, 0.4) is 0 Å². The molecule has 0 unspecified atom stereocenters. The van der Waals surface area contributed by atoms with E-state index in [1.807, 2.05) is 6.92 Å². The minimum absolute atomic E-state index is 0.0593. The Labute approximate surface area is 164 Å². The highest BCUT2D eigenvalue weighted by Gasteiger charge is 2.33. The number of thioether (sulfide) groups is 1. The van der Waals surface area contributed by atoms with Crippen molar-refractivity contribution in [2.75, 3.05) is 11.5 Å². The highest BCUT2D eigenvalue weighted by Crippen LogP contribution is 2.36. The van der Waals surface area contributed by atoms with Crippen LogP contribution in [-0.2, 0) is 4.79 Å². The molecule has 1 heterocycles. The van der Waals surface area contributed by atoms with Gasteiger partial charge in [-0.15, -0.1) is 0 Å². The van der Waals surface area contributed by atoms with Crippen molar-refractivity contribution in [2.45, 2.75) is 13.5 Å². The lowest BCUT2D eigenvalue weighted by molar-refractivity contribution is -0.113. The predicted molar refractivity (Wildman–Crippen MR) is 106 cm³/mol. The number of alkyl halides is 2. The zero-order valence-electron chi connectivity index (χ0n) is 14.2. The van der Waals surface area contributed by atoms with Crippen molar-refractivity contribution in [3.05, 3.63) is 59.0 Å². The molecule has 0 aliphatic carbocycles. The van der Waals surface area contributed by atoms with E-state index in [9.17, 15) is 13.6 Å². The fourth-order valence-corrected chi connectivity index (χ4v) is 3.74. The van der Waals surface area contributed by atoms with E-state index in [1.165, 1.54) is 28.8 Å². The lowest BCUT2D eigenvalue weighted by atomic mass is 10.2. The Morgan fingerprint density at radius 1 is 1.11 bits per heavy atom. The maximum Gasteiger partial charge on any atom is 0.387 e. The second kappa shape index (κ2) is 8.49. The molecule has 1 saturated heterocycles. The number of thiocarbonyl (C=S) groups is 1. The van der Waals surface area contributed by atoms with Crippen molar-refractivity contribution in [3.63, 3.8) is 0 Å². The first-order valence-electron chi connectivity index (χ1n) is 8.03. The molecule has 0 N–H and O–H groups in total. The molecule has 1 aliphatic rings. The maximum absolute atomic E-state index is 12.7. The lowest BCUT2D eigenvalue weighted by Gasteiger charge is -2.15. The van der Waals surface area contributed by atoms with Gasteiger partial charge in [-0.25, -0.2) is 0 Å². The summed E-state index contributed by atoms with van der Waals surface area (Å²) in [4.78, 5) is 14.6. The number of carbonyl (C=O) groups is 1. The van der Waals surface area contributed by atoms with Gasteiger partial charge in [-0.1, -0.05) is 36.1 Å². The third-order valence-corrected chi connectivity index (χ3v) is 4.90. The molecule has 0 radical (unpaired) electrons. The summed E-state index contributed by atoms with van der Waals surface area (Å²) >= 11 is 6.52. The van der Waals surface area contributed by atoms with E-state index < -0.39 is 6.61 Å². The van der Waals surface area contributed by atoms with Crippen LogP contribution >= 0.6 is 24.0 Å². The van der Waals surface area contributed by atoms with Crippen LogP contribution in [0.5, 0.6) is 11.5 Å². The van der Waals surface area contributed by atoms with E-state index in [4.69, 9.17) is 17.0 Å². The first-order valence-corrected chi connectivity index (χ1v) is 9.26. The summed E-state index contributed by atoms with van der Waals surface area (Å²) in [6.45, 7) is -0.418.